The van der Waals surface area contributed by atoms with Gasteiger partial charge in [-0.15, -0.1) is 0 Å². The molecular weight excluding hydrogens is 220 g/mol. The molecule has 0 bridgehead atoms. The number of hydrogen-bond acceptors (Lipinski definition) is 2. The molecule has 1 aromatic carbocycles. The number of likely N-dealkylation sites (N-methyl/N-ethyl adjacent to an activating group) is 2. The number of benzene rings is 1. The summed E-state index contributed by atoms with van der Waals surface area (Å²) in [5.41, 5.74) is 1.58. The van der Waals surface area contributed by atoms with Gasteiger partial charge in [-0.25, -0.2) is 0 Å². The number of nitrogens with zero attached hydrogens (tertiary/aromatic N) is 1. The van der Waals surface area contributed by atoms with Crippen LogP contribution in [0, 0.1) is 0 Å². The van der Waals surface area contributed by atoms with Crippen molar-refractivity contribution in [3.05, 3.63) is 35.9 Å². The van der Waals surface area contributed by atoms with Crippen molar-refractivity contribution in [1.82, 2.24) is 10.2 Å². The van der Waals surface area contributed by atoms with Crippen LogP contribution in [0.5, 0.6) is 0 Å². The molecule has 0 radical (unpaired) electrons. The van der Waals surface area contributed by atoms with Gasteiger partial charge in [-0.3, -0.25) is 4.90 Å². The quantitative estimate of drug-likeness (QED) is 0.829. The zero-order valence-electron chi connectivity index (χ0n) is 12.7. The highest BCUT2D eigenvalue weighted by Crippen LogP contribution is 2.26. The Morgan fingerprint density at radius 3 is 2.22 bits per heavy atom. The molecule has 0 spiro atoms. The van der Waals surface area contributed by atoms with E-state index in [0.717, 1.165) is 6.42 Å². The van der Waals surface area contributed by atoms with Crippen LogP contribution in [0.4, 0.5) is 0 Å². The van der Waals surface area contributed by atoms with Crippen molar-refractivity contribution >= 4 is 0 Å². The molecule has 0 aliphatic carbocycles. The summed E-state index contributed by atoms with van der Waals surface area (Å²) in [6.45, 7) is 9.16. The second-order valence-corrected chi connectivity index (χ2v) is 5.69. The second-order valence-electron chi connectivity index (χ2n) is 5.69. The Hall–Kier alpha value is -0.860. The number of nitrogens with one attached hydrogen (secondary N) is 1. The molecule has 1 N–H and O–H groups in total. The zero-order valence-corrected chi connectivity index (χ0v) is 12.7. The predicted molar refractivity (Wildman–Crippen MR) is 79.8 cm³/mol. The maximum Gasteiger partial charge on any atom is 0.0473 e. The van der Waals surface area contributed by atoms with Gasteiger partial charge in [0.05, 0.1) is 0 Å². The number of rotatable bonds is 6. The zero-order chi connectivity index (χ0) is 13.8. The molecule has 2 nitrogen and oxygen atoms in total. The fraction of sp³-hybridized carbons (Fsp3) is 0.625. The van der Waals surface area contributed by atoms with E-state index in [2.05, 4.69) is 75.3 Å². The monoisotopic (exact) mass is 248 g/mol. The third-order valence-corrected chi connectivity index (χ3v) is 4.38. The highest BCUT2D eigenvalue weighted by Gasteiger charge is 2.30. The second kappa shape index (κ2) is 6.35. The SMILES string of the molecule is CCC(C)(C)N(C)C(C)C(NC)c1ccccc1. The molecule has 0 aliphatic rings. The molecule has 2 atom stereocenters. The van der Waals surface area contributed by atoms with E-state index < -0.39 is 0 Å². The molecule has 0 heterocycles. The smallest absolute Gasteiger partial charge is 0.0473 e. The van der Waals surface area contributed by atoms with Crippen LogP contribution in [0.3, 0.4) is 0 Å². The van der Waals surface area contributed by atoms with Crippen LogP contribution < -0.4 is 5.32 Å². The summed E-state index contributed by atoms with van der Waals surface area (Å²) in [4.78, 5) is 2.47. The summed E-state index contributed by atoms with van der Waals surface area (Å²) in [6, 6.07) is 11.5. The van der Waals surface area contributed by atoms with E-state index in [0.29, 0.717) is 12.1 Å². The predicted octanol–water partition coefficient (Wildman–Crippen LogP) is 3.46. The first-order valence-corrected chi connectivity index (χ1v) is 6.89. The Morgan fingerprint density at radius 1 is 1.22 bits per heavy atom. The molecule has 2 heteroatoms. The number of hydrogen-bond donors (Lipinski definition) is 1. The maximum absolute atomic E-state index is 3.45. The van der Waals surface area contributed by atoms with Crippen LogP contribution in [0.15, 0.2) is 30.3 Å². The fourth-order valence-corrected chi connectivity index (χ4v) is 2.37. The van der Waals surface area contributed by atoms with Crippen LogP contribution in [0.25, 0.3) is 0 Å². The van der Waals surface area contributed by atoms with Crippen molar-refractivity contribution in [3.63, 3.8) is 0 Å². The molecule has 102 valence electrons. The van der Waals surface area contributed by atoms with E-state index in [-0.39, 0.29) is 5.54 Å². The highest BCUT2D eigenvalue weighted by molar-refractivity contribution is 5.20. The van der Waals surface area contributed by atoms with Gasteiger partial charge in [-0.05, 0) is 46.9 Å². The molecule has 0 saturated heterocycles. The summed E-state index contributed by atoms with van der Waals surface area (Å²) in [6.07, 6.45) is 1.15. The first-order valence-electron chi connectivity index (χ1n) is 6.89. The average molecular weight is 248 g/mol. The standard InChI is InChI=1S/C16H28N2/c1-7-16(3,4)18(6)13(2)15(17-5)14-11-9-8-10-12-14/h8-13,15,17H,7H2,1-6H3. The molecule has 0 aliphatic heterocycles. The highest BCUT2D eigenvalue weighted by atomic mass is 15.2. The van der Waals surface area contributed by atoms with E-state index >= 15 is 0 Å². The van der Waals surface area contributed by atoms with E-state index in [9.17, 15) is 0 Å². The molecule has 18 heavy (non-hydrogen) atoms. The Balaban J connectivity index is 2.90. The lowest BCUT2D eigenvalue weighted by atomic mass is 9.93. The molecule has 0 aromatic heterocycles. The van der Waals surface area contributed by atoms with Crippen LogP contribution >= 0.6 is 0 Å². The lowest BCUT2D eigenvalue weighted by molar-refractivity contribution is 0.0850. The van der Waals surface area contributed by atoms with Crippen molar-refractivity contribution in [2.45, 2.75) is 51.7 Å². The van der Waals surface area contributed by atoms with Crippen molar-refractivity contribution in [3.8, 4) is 0 Å². The Morgan fingerprint density at radius 2 is 1.78 bits per heavy atom. The molecule has 1 aromatic rings. The maximum atomic E-state index is 3.45. The van der Waals surface area contributed by atoms with Gasteiger partial charge in [-0.2, -0.15) is 0 Å². The molecule has 1 rings (SSSR count). The van der Waals surface area contributed by atoms with Gasteiger partial charge in [0.2, 0.25) is 0 Å². The van der Waals surface area contributed by atoms with Gasteiger partial charge < -0.3 is 5.32 Å². The van der Waals surface area contributed by atoms with Gasteiger partial charge in [0, 0.05) is 17.6 Å². The minimum atomic E-state index is 0.225. The largest absolute Gasteiger partial charge is 0.312 e. The normalized spacial score (nSPS) is 15.7. The summed E-state index contributed by atoms with van der Waals surface area (Å²) < 4.78 is 0. The van der Waals surface area contributed by atoms with Crippen LogP contribution in [0.2, 0.25) is 0 Å². The molecular formula is C16H28N2. The van der Waals surface area contributed by atoms with Gasteiger partial charge in [0.15, 0.2) is 0 Å². The minimum Gasteiger partial charge on any atom is -0.312 e. The van der Waals surface area contributed by atoms with Gasteiger partial charge in [0.25, 0.3) is 0 Å². The van der Waals surface area contributed by atoms with Crippen LogP contribution in [-0.4, -0.2) is 30.6 Å². The Bertz CT molecular complexity index is 345. The van der Waals surface area contributed by atoms with Crippen molar-refractivity contribution < 1.29 is 0 Å². The molecule has 0 amide bonds. The Kier molecular flexibility index (Phi) is 5.36. The summed E-state index contributed by atoms with van der Waals surface area (Å²) in [5, 5.41) is 3.45. The first kappa shape index (κ1) is 15.2. The van der Waals surface area contributed by atoms with Crippen molar-refractivity contribution in [2.24, 2.45) is 0 Å². The fourth-order valence-electron chi connectivity index (χ4n) is 2.37. The van der Waals surface area contributed by atoms with E-state index in [1.54, 1.807) is 0 Å². The van der Waals surface area contributed by atoms with Gasteiger partial charge in [0.1, 0.15) is 0 Å². The minimum absolute atomic E-state index is 0.225. The Labute approximate surface area is 112 Å². The lowest BCUT2D eigenvalue weighted by Crippen LogP contribution is -2.50. The van der Waals surface area contributed by atoms with Crippen LogP contribution in [-0.2, 0) is 0 Å². The average Bonchev–Trinajstić information content (AvgIpc) is 2.39. The topological polar surface area (TPSA) is 15.3 Å². The molecule has 0 saturated carbocycles. The lowest BCUT2D eigenvalue weighted by Gasteiger charge is -2.42. The van der Waals surface area contributed by atoms with Crippen LogP contribution in [0.1, 0.15) is 45.7 Å². The third-order valence-electron chi connectivity index (χ3n) is 4.38. The summed E-state index contributed by atoms with van der Waals surface area (Å²) in [7, 11) is 4.27. The summed E-state index contributed by atoms with van der Waals surface area (Å²) in [5.74, 6) is 0. The van der Waals surface area contributed by atoms with Crippen molar-refractivity contribution in [2.75, 3.05) is 14.1 Å². The molecule has 2 unspecified atom stereocenters. The summed E-state index contributed by atoms with van der Waals surface area (Å²) >= 11 is 0. The van der Waals surface area contributed by atoms with E-state index in [1.807, 2.05) is 7.05 Å². The third kappa shape index (κ3) is 3.33. The molecule has 0 fully saturated rings. The first-order chi connectivity index (χ1) is 8.44. The van der Waals surface area contributed by atoms with E-state index in [1.165, 1.54) is 5.56 Å². The van der Waals surface area contributed by atoms with Gasteiger partial charge in [-0.1, -0.05) is 37.3 Å². The van der Waals surface area contributed by atoms with Gasteiger partial charge >= 0.3 is 0 Å². The van der Waals surface area contributed by atoms with Crippen molar-refractivity contribution in [1.29, 1.82) is 0 Å². The van der Waals surface area contributed by atoms with E-state index in [4.69, 9.17) is 0 Å².